The maximum atomic E-state index is 13.4. The van der Waals surface area contributed by atoms with E-state index in [0.717, 1.165) is 5.57 Å². The van der Waals surface area contributed by atoms with Gasteiger partial charge in [0, 0.05) is 16.1 Å². The van der Waals surface area contributed by atoms with Crippen molar-refractivity contribution in [3.8, 4) is 0 Å². The molecule has 0 spiro atoms. The molecule has 1 nitrogen and oxygen atoms in total. The highest BCUT2D eigenvalue weighted by atomic mass is 79.9. The molecule has 0 bridgehead atoms. The molecule has 15 heavy (non-hydrogen) atoms. The van der Waals surface area contributed by atoms with Gasteiger partial charge in [-0.1, -0.05) is 21.5 Å². The van der Waals surface area contributed by atoms with Gasteiger partial charge in [-0.05, 0) is 25.5 Å². The van der Waals surface area contributed by atoms with Gasteiger partial charge in [0.05, 0.1) is 0 Å². The fourth-order valence-corrected chi connectivity index (χ4v) is 1.79. The number of benzene rings is 1. The van der Waals surface area contributed by atoms with Crippen molar-refractivity contribution >= 4 is 15.9 Å². The van der Waals surface area contributed by atoms with Crippen LogP contribution in [0.3, 0.4) is 0 Å². The molecule has 4 heteroatoms. The van der Waals surface area contributed by atoms with Gasteiger partial charge >= 0.3 is 0 Å². The minimum atomic E-state index is -0.685. The molecule has 0 amide bonds. The lowest BCUT2D eigenvalue weighted by atomic mass is 10.0. The highest BCUT2D eigenvalue weighted by Crippen LogP contribution is 2.26. The van der Waals surface area contributed by atoms with E-state index in [9.17, 15) is 8.78 Å². The van der Waals surface area contributed by atoms with Gasteiger partial charge < -0.3 is 5.73 Å². The summed E-state index contributed by atoms with van der Waals surface area (Å²) in [4.78, 5) is 0. The molecule has 0 saturated heterocycles. The highest BCUT2D eigenvalue weighted by molar-refractivity contribution is 9.10. The van der Waals surface area contributed by atoms with Crippen LogP contribution >= 0.6 is 15.9 Å². The molecule has 0 fully saturated rings. The second kappa shape index (κ2) is 4.86. The van der Waals surface area contributed by atoms with E-state index in [0.29, 0.717) is 10.9 Å². The third-order valence-corrected chi connectivity index (χ3v) is 2.44. The predicted molar refractivity (Wildman–Crippen MR) is 60.4 cm³/mol. The summed E-state index contributed by atoms with van der Waals surface area (Å²) in [5.74, 6) is -1.26. The van der Waals surface area contributed by atoms with E-state index in [1.807, 2.05) is 0 Å². The van der Waals surface area contributed by atoms with E-state index in [1.165, 1.54) is 12.1 Å². The lowest BCUT2D eigenvalue weighted by Crippen LogP contribution is -2.14. The van der Waals surface area contributed by atoms with E-state index < -0.39 is 17.7 Å². The molecule has 1 aromatic rings. The molecule has 0 aliphatic carbocycles. The van der Waals surface area contributed by atoms with Crippen molar-refractivity contribution in [3.63, 3.8) is 0 Å². The van der Waals surface area contributed by atoms with Crippen LogP contribution in [0.5, 0.6) is 0 Å². The molecule has 2 N–H and O–H groups in total. The average Bonchev–Trinajstić information content (AvgIpc) is 1.99. The Hall–Kier alpha value is -0.740. The van der Waals surface area contributed by atoms with Crippen molar-refractivity contribution in [1.29, 1.82) is 0 Å². The Bertz CT molecular complexity index is 367. The minimum absolute atomic E-state index is 0.0822. The second-order valence-electron chi connectivity index (χ2n) is 3.55. The third-order valence-electron chi connectivity index (χ3n) is 1.98. The molecule has 0 unspecified atom stereocenters. The van der Waals surface area contributed by atoms with Crippen LogP contribution in [0.2, 0.25) is 0 Å². The van der Waals surface area contributed by atoms with Crippen LogP contribution in [0.15, 0.2) is 28.8 Å². The van der Waals surface area contributed by atoms with Crippen molar-refractivity contribution in [2.75, 3.05) is 0 Å². The van der Waals surface area contributed by atoms with Crippen molar-refractivity contribution in [1.82, 2.24) is 0 Å². The first-order valence-corrected chi connectivity index (χ1v) is 5.25. The topological polar surface area (TPSA) is 26.0 Å². The third kappa shape index (κ3) is 3.11. The van der Waals surface area contributed by atoms with Gasteiger partial charge in [0.15, 0.2) is 0 Å². The molecule has 0 aliphatic rings. The van der Waals surface area contributed by atoms with Crippen LogP contribution in [0.1, 0.15) is 24.9 Å². The molecule has 0 aliphatic heterocycles. The van der Waals surface area contributed by atoms with Gasteiger partial charge in [-0.25, -0.2) is 8.78 Å². The smallest absolute Gasteiger partial charge is 0.132 e. The Morgan fingerprint density at radius 3 is 2.33 bits per heavy atom. The first-order valence-electron chi connectivity index (χ1n) is 4.46. The summed E-state index contributed by atoms with van der Waals surface area (Å²) >= 11 is 3.01. The number of nitrogens with two attached hydrogens (primary N) is 1. The van der Waals surface area contributed by atoms with E-state index in [1.54, 1.807) is 6.92 Å². The molecule has 82 valence electrons. The monoisotopic (exact) mass is 275 g/mol. The fourth-order valence-electron chi connectivity index (χ4n) is 1.39. The zero-order chi connectivity index (χ0) is 11.6. The zero-order valence-electron chi connectivity index (χ0n) is 8.36. The normalized spacial score (nSPS) is 12.6. The maximum absolute atomic E-state index is 13.4. The summed E-state index contributed by atoms with van der Waals surface area (Å²) in [7, 11) is 0. The van der Waals surface area contributed by atoms with E-state index in [2.05, 4.69) is 22.5 Å². The molecular weight excluding hydrogens is 264 g/mol. The molecule has 0 aromatic heterocycles. The summed E-state index contributed by atoms with van der Waals surface area (Å²) in [6.07, 6.45) is 0.371. The molecule has 0 saturated carbocycles. The number of rotatable bonds is 3. The van der Waals surface area contributed by atoms with Crippen molar-refractivity contribution in [3.05, 3.63) is 46.0 Å². The van der Waals surface area contributed by atoms with E-state index >= 15 is 0 Å². The second-order valence-corrected chi connectivity index (χ2v) is 4.47. The van der Waals surface area contributed by atoms with Gasteiger partial charge in [-0.15, -0.1) is 6.58 Å². The molecule has 1 atom stereocenters. The fraction of sp³-hybridized carbons (Fsp3) is 0.273. The number of halogens is 3. The zero-order valence-corrected chi connectivity index (χ0v) is 9.94. The Balaban J connectivity index is 3.08. The summed E-state index contributed by atoms with van der Waals surface area (Å²) in [5.41, 5.74) is 6.40. The lowest BCUT2D eigenvalue weighted by Gasteiger charge is -2.14. The van der Waals surface area contributed by atoms with Crippen molar-refractivity contribution < 1.29 is 8.78 Å². The van der Waals surface area contributed by atoms with Gasteiger partial charge in [0.2, 0.25) is 0 Å². The van der Waals surface area contributed by atoms with Crippen LogP contribution in [-0.2, 0) is 0 Å². The quantitative estimate of drug-likeness (QED) is 0.837. The Morgan fingerprint density at radius 1 is 1.47 bits per heavy atom. The van der Waals surface area contributed by atoms with Gasteiger partial charge in [0.1, 0.15) is 11.6 Å². The van der Waals surface area contributed by atoms with E-state index in [4.69, 9.17) is 5.73 Å². The molecule has 1 aromatic carbocycles. The summed E-state index contributed by atoms with van der Waals surface area (Å²) < 4.78 is 27.2. The SMILES string of the molecule is C=C(C)C[C@@H](N)c1c(F)cc(Br)cc1F. The van der Waals surface area contributed by atoms with Gasteiger partial charge in [0.25, 0.3) is 0 Å². The predicted octanol–water partition coefficient (Wildman–Crippen LogP) is 3.69. The van der Waals surface area contributed by atoms with Crippen LogP contribution in [-0.4, -0.2) is 0 Å². The summed E-state index contributed by atoms with van der Waals surface area (Å²) in [6, 6.07) is 1.73. The largest absolute Gasteiger partial charge is 0.324 e. The van der Waals surface area contributed by atoms with Crippen LogP contribution < -0.4 is 5.73 Å². The van der Waals surface area contributed by atoms with Crippen LogP contribution in [0, 0.1) is 11.6 Å². The Labute approximate surface area is 96.1 Å². The Kier molecular flexibility index (Phi) is 3.99. The van der Waals surface area contributed by atoms with E-state index in [-0.39, 0.29) is 5.56 Å². The lowest BCUT2D eigenvalue weighted by molar-refractivity contribution is 0.523. The molecule has 0 radical (unpaired) electrons. The van der Waals surface area contributed by atoms with Crippen LogP contribution in [0.25, 0.3) is 0 Å². The van der Waals surface area contributed by atoms with Crippen molar-refractivity contribution in [2.24, 2.45) is 5.73 Å². The number of hydrogen-bond donors (Lipinski definition) is 1. The minimum Gasteiger partial charge on any atom is -0.324 e. The molecule has 0 heterocycles. The Morgan fingerprint density at radius 2 is 1.93 bits per heavy atom. The molecular formula is C11H12BrF2N. The average molecular weight is 276 g/mol. The molecule has 1 rings (SSSR count). The van der Waals surface area contributed by atoms with Gasteiger partial charge in [-0.2, -0.15) is 0 Å². The standard InChI is InChI=1S/C11H12BrF2N/c1-6(2)3-10(15)11-8(13)4-7(12)5-9(11)14/h4-5,10H,1,3,15H2,2H3/t10-/m1/s1. The maximum Gasteiger partial charge on any atom is 0.132 e. The van der Waals surface area contributed by atoms with Crippen LogP contribution in [0.4, 0.5) is 8.78 Å². The summed E-state index contributed by atoms with van der Waals surface area (Å²) in [5, 5.41) is 0. The summed E-state index contributed by atoms with van der Waals surface area (Å²) in [6.45, 7) is 5.44. The van der Waals surface area contributed by atoms with Gasteiger partial charge in [-0.3, -0.25) is 0 Å². The first-order chi connectivity index (χ1) is 6.91. The highest BCUT2D eigenvalue weighted by Gasteiger charge is 2.17. The number of hydrogen-bond acceptors (Lipinski definition) is 1. The first kappa shape index (κ1) is 12.3. The van der Waals surface area contributed by atoms with Crippen molar-refractivity contribution in [2.45, 2.75) is 19.4 Å².